The molecule has 90 valence electrons. The zero-order valence-corrected chi connectivity index (χ0v) is 11.0. The molecular weight excluding hydrogens is 255 g/mol. The molecule has 0 unspecified atom stereocenters. The van der Waals surface area contributed by atoms with Crippen LogP contribution in [0.3, 0.4) is 0 Å². The molecule has 0 radical (unpaired) electrons. The number of hydrogen-bond donors (Lipinski definition) is 0. The van der Waals surface area contributed by atoms with Gasteiger partial charge in [-0.25, -0.2) is 4.98 Å². The highest BCUT2D eigenvalue weighted by Crippen LogP contribution is 2.36. The molecule has 0 saturated heterocycles. The van der Waals surface area contributed by atoms with Crippen molar-refractivity contribution in [3.63, 3.8) is 0 Å². The monoisotopic (exact) mass is 268 g/mol. The van der Waals surface area contributed by atoms with Crippen molar-refractivity contribution in [3.05, 3.63) is 29.0 Å². The zero-order valence-electron chi connectivity index (χ0n) is 9.50. The molecule has 1 aromatic heterocycles. The molecule has 0 amide bonds. The topological polar surface area (TPSA) is 17.8 Å². The predicted octanol–water partition coefficient (Wildman–Crippen LogP) is 4.54. The van der Waals surface area contributed by atoms with Gasteiger partial charge < -0.3 is 4.57 Å². The van der Waals surface area contributed by atoms with Crippen LogP contribution in [0.2, 0.25) is 5.02 Å². The number of benzene rings is 1. The van der Waals surface area contributed by atoms with Crippen LogP contribution < -0.4 is 0 Å². The number of aromatic nitrogens is 2. The molecule has 1 heterocycles. The van der Waals surface area contributed by atoms with E-state index in [0.29, 0.717) is 11.9 Å². The minimum absolute atomic E-state index is 0.446. The van der Waals surface area contributed by atoms with Crippen molar-refractivity contribution in [2.75, 3.05) is 0 Å². The Labute approximate surface area is 111 Å². The first-order valence-electron chi connectivity index (χ1n) is 6.02. The van der Waals surface area contributed by atoms with E-state index < -0.39 is 0 Å². The van der Waals surface area contributed by atoms with Crippen LogP contribution in [0.5, 0.6) is 0 Å². The lowest BCUT2D eigenvalue weighted by molar-refractivity contribution is 0.518. The highest BCUT2D eigenvalue weighted by Gasteiger charge is 2.23. The van der Waals surface area contributed by atoms with Gasteiger partial charge in [-0.15, -0.1) is 11.6 Å². The van der Waals surface area contributed by atoms with Crippen LogP contribution in [0.1, 0.15) is 37.5 Å². The van der Waals surface area contributed by atoms with E-state index in [1.165, 1.54) is 25.7 Å². The largest absolute Gasteiger partial charge is 0.323 e. The van der Waals surface area contributed by atoms with E-state index in [-0.39, 0.29) is 0 Å². The van der Waals surface area contributed by atoms with Crippen LogP contribution in [0.15, 0.2) is 18.2 Å². The quantitative estimate of drug-likeness (QED) is 0.731. The van der Waals surface area contributed by atoms with Crippen molar-refractivity contribution >= 4 is 34.2 Å². The summed E-state index contributed by atoms with van der Waals surface area (Å²) >= 11 is 12.3. The summed E-state index contributed by atoms with van der Waals surface area (Å²) in [4.78, 5) is 4.58. The van der Waals surface area contributed by atoms with E-state index in [4.69, 9.17) is 23.2 Å². The number of hydrogen-bond acceptors (Lipinski definition) is 1. The van der Waals surface area contributed by atoms with Crippen molar-refractivity contribution < 1.29 is 0 Å². The first-order valence-corrected chi connectivity index (χ1v) is 6.94. The number of fused-ring (bicyclic) bond motifs is 1. The van der Waals surface area contributed by atoms with Gasteiger partial charge in [-0.1, -0.05) is 30.5 Å². The third-order valence-corrected chi connectivity index (χ3v) is 4.09. The van der Waals surface area contributed by atoms with E-state index >= 15 is 0 Å². The van der Waals surface area contributed by atoms with Gasteiger partial charge in [-0.05, 0) is 25.0 Å². The molecule has 4 heteroatoms. The standard InChI is InChI=1S/C13H14Cl2N2/c14-8-12-16-11-7-3-6-10(15)13(11)17(12)9-4-1-2-5-9/h3,6-7,9H,1-2,4-5,8H2. The summed E-state index contributed by atoms with van der Waals surface area (Å²) in [5, 5.41) is 0.776. The minimum atomic E-state index is 0.446. The van der Waals surface area contributed by atoms with E-state index in [2.05, 4.69) is 9.55 Å². The van der Waals surface area contributed by atoms with Crippen molar-refractivity contribution in [1.29, 1.82) is 0 Å². The van der Waals surface area contributed by atoms with Gasteiger partial charge in [0.2, 0.25) is 0 Å². The smallest absolute Gasteiger partial charge is 0.125 e. The lowest BCUT2D eigenvalue weighted by Crippen LogP contribution is -2.08. The fraction of sp³-hybridized carbons (Fsp3) is 0.462. The van der Waals surface area contributed by atoms with E-state index in [9.17, 15) is 0 Å². The second-order valence-electron chi connectivity index (χ2n) is 4.58. The molecule has 0 bridgehead atoms. The van der Waals surface area contributed by atoms with Gasteiger partial charge >= 0.3 is 0 Å². The average Bonchev–Trinajstić information content (AvgIpc) is 2.95. The Morgan fingerprint density at radius 2 is 2.06 bits per heavy atom. The maximum Gasteiger partial charge on any atom is 0.125 e. The maximum absolute atomic E-state index is 6.31. The van der Waals surface area contributed by atoms with Gasteiger partial charge in [-0.3, -0.25) is 0 Å². The molecule has 1 aliphatic rings. The Morgan fingerprint density at radius 3 is 2.76 bits per heavy atom. The molecule has 0 aliphatic heterocycles. The number of rotatable bonds is 2. The fourth-order valence-corrected chi connectivity index (χ4v) is 3.25. The number of imidazole rings is 1. The lowest BCUT2D eigenvalue weighted by Gasteiger charge is -2.15. The molecule has 0 spiro atoms. The predicted molar refractivity (Wildman–Crippen MR) is 71.8 cm³/mol. The molecule has 1 aliphatic carbocycles. The van der Waals surface area contributed by atoms with Gasteiger partial charge in [0.25, 0.3) is 0 Å². The number of halogens is 2. The summed E-state index contributed by atoms with van der Waals surface area (Å²) in [6, 6.07) is 6.39. The van der Waals surface area contributed by atoms with Crippen LogP contribution in [-0.2, 0) is 5.88 Å². The van der Waals surface area contributed by atoms with Gasteiger partial charge in [0.1, 0.15) is 5.82 Å². The third kappa shape index (κ3) is 1.84. The van der Waals surface area contributed by atoms with Gasteiger partial charge in [-0.2, -0.15) is 0 Å². The van der Waals surface area contributed by atoms with Gasteiger partial charge in [0, 0.05) is 6.04 Å². The molecule has 17 heavy (non-hydrogen) atoms. The maximum atomic E-state index is 6.31. The summed E-state index contributed by atoms with van der Waals surface area (Å²) in [5.41, 5.74) is 2.01. The van der Waals surface area contributed by atoms with Gasteiger partial charge in [0.05, 0.1) is 21.9 Å². The number of para-hydroxylation sites is 1. The Bertz CT molecular complexity index is 542. The highest BCUT2D eigenvalue weighted by molar-refractivity contribution is 6.35. The lowest BCUT2D eigenvalue weighted by atomic mass is 10.2. The van der Waals surface area contributed by atoms with Crippen molar-refractivity contribution in [2.24, 2.45) is 0 Å². The Kier molecular flexibility index (Phi) is 3.01. The van der Waals surface area contributed by atoms with Crippen LogP contribution in [0, 0.1) is 0 Å². The Balaban J connectivity index is 2.24. The summed E-state index contributed by atoms with van der Waals surface area (Å²) in [7, 11) is 0. The summed E-state index contributed by atoms with van der Waals surface area (Å²) in [6.45, 7) is 0. The fourth-order valence-electron chi connectivity index (χ4n) is 2.80. The molecule has 2 aromatic rings. The number of nitrogens with zero attached hydrogens (tertiary/aromatic N) is 2. The molecule has 1 fully saturated rings. The van der Waals surface area contributed by atoms with Crippen LogP contribution in [0.25, 0.3) is 11.0 Å². The van der Waals surface area contributed by atoms with Crippen LogP contribution in [0.4, 0.5) is 0 Å². The highest BCUT2D eigenvalue weighted by atomic mass is 35.5. The SMILES string of the molecule is ClCc1nc2cccc(Cl)c2n1C1CCCC1. The van der Waals surface area contributed by atoms with E-state index in [1.807, 2.05) is 18.2 Å². The van der Waals surface area contributed by atoms with Crippen LogP contribution >= 0.6 is 23.2 Å². The molecule has 0 N–H and O–H groups in total. The molecule has 0 atom stereocenters. The zero-order chi connectivity index (χ0) is 11.8. The minimum Gasteiger partial charge on any atom is -0.323 e. The van der Waals surface area contributed by atoms with E-state index in [1.54, 1.807) is 0 Å². The number of alkyl halides is 1. The Hall–Kier alpha value is -0.730. The Morgan fingerprint density at radius 1 is 1.29 bits per heavy atom. The van der Waals surface area contributed by atoms with Crippen LogP contribution in [-0.4, -0.2) is 9.55 Å². The second-order valence-corrected chi connectivity index (χ2v) is 5.25. The summed E-state index contributed by atoms with van der Waals surface area (Å²) in [6.07, 6.45) is 4.99. The third-order valence-electron chi connectivity index (χ3n) is 3.54. The average molecular weight is 269 g/mol. The van der Waals surface area contributed by atoms with Crippen molar-refractivity contribution in [3.8, 4) is 0 Å². The molecule has 3 rings (SSSR count). The normalized spacial score (nSPS) is 17.1. The first kappa shape index (κ1) is 11.4. The summed E-state index contributed by atoms with van der Waals surface area (Å²) < 4.78 is 2.26. The van der Waals surface area contributed by atoms with Crippen molar-refractivity contribution in [2.45, 2.75) is 37.6 Å². The second kappa shape index (κ2) is 4.51. The molecule has 2 nitrogen and oxygen atoms in total. The molecular formula is C13H14Cl2N2. The van der Waals surface area contributed by atoms with Crippen molar-refractivity contribution in [1.82, 2.24) is 9.55 Å². The van der Waals surface area contributed by atoms with Gasteiger partial charge in [0.15, 0.2) is 0 Å². The molecule has 1 aromatic carbocycles. The summed E-state index contributed by atoms with van der Waals surface area (Å²) in [5.74, 6) is 1.39. The molecule has 1 saturated carbocycles. The first-order chi connectivity index (χ1) is 8.31. The van der Waals surface area contributed by atoms with E-state index in [0.717, 1.165) is 21.9 Å².